The second-order valence-electron chi connectivity index (χ2n) is 5.15. The van der Waals surface area contributed by atoms with Crippen molar-refractivity contribution in [3.05, 3.63) is 48.6 Å². The van der Waals surface area contributed by atoms with Gasteiger partial charge in [-0.3, -0.25) is 9.59 Å². The summed E-state index contributed by atoms with van der Waals surface area (Å²) in [7, 11) is 0. The van der Waals surface area contributed by atoms with Crippen LogP contribution in [0.5, 0.6) is 0 Å². The highest BCUT2D eigenvalue weighted by molar-refractivity contribution is 5.67. The second-order valence-corrected chi connectivity index (χ2v) is 5.15. The molecule has 6 heteroatoms. The minimum Gasteiger partial charge on any atom is -0.453 e. The van der Waals surface area contributed by atoms with E-state index in [1.807, 2.05) is 30.3 Å². The Bertz CT molecular complexity index is 555. The molecule has 1 aromatic carbocycles. The molecule has 2 rings (SSSR count). The van der Waals surface area contributed by atoms with Gasteiger partial charge in [0.25, 0.3) is 0 Å². The van der Waals surface area contributed by atoms with E-state index in [-0.39, 0.29) is 0 Å². The molecule has 1 unspecified atom stereocenters. The Kier molecular flexibility index (Phi) is 5.90. The van der Waals surface area contributed by atoms with Gasteiger partial charge in [0, 0.05) is 13.8 Å². The van der Waals surface area contributed by atoms with E-state index in [0.29, 0.717) is 6.61 Å². The molecule has 0 bridgehead atoms. The Labute approximate surface area is 135 Å². The number of hydrogen-bond acceptors (Lipinski definition) is 6. The quantitative estimate of drug-likeness (QED) is 0.589. The Morgan fingerprint density at radius 3 is 2.35 bits per heavy atom. The summed E-state index contributed by atoms with van der Waals surface area (Å²) >= 11 is 0. The molecule has 0 aromatic heterocycles. The minimum absolute atomic E-state index is 0.309. The summed E-state index contributed by atoms with van der Waals surface area (Å²) in [6.45, 7) is 6.54. The summed E-state index contributed by atoms with van der Waals surface area (Å²) in [6, 6.07) is 9.55. The molecule has 0 aliphatic carbocycles. The van der Waals surface area contributed by atoms with Crippen molar-refractivity contribution in [1.82, 2.24) is 0 Å². The smallest absolute Gasteiger partial charge is 0.305 e. The van der Waals surface area contributed by atoms with Crippen molar-refractivity contribution in [2.45, 2.75) is 45.1 Å². The topological polar surface area (TPSA) is 71.1 Å². The van der Waals surface area contributed by atoms with Crippen molar-refractivity contribution in [2.75, 3.05) is 0 Å². The number of rotatable bonds is 6. The van der Waals surface area contributed by atoms with Gasteiger partial charge in [-0.2, -0.15) is 0 Å². The first-order valence-corrected chi connectivity index (χ1v) is 7.29. The maximum atomic E-state index is 11.3. The van der Waals surface area contributed by atoms with E-state index < -0.39 is 36.5 Å². The zero-order valence-electron chi connectivity index (χ0n) is 13.1. The van der Waals surface area contributed by atoms with Crippen LogP contribution in [0.1, 0.15) is 19.4 Å². The number of carbonyl (C=O) groups is 2. The third-order valence-corrected chi connectivity index (χ3v) is 3.31. The molecular weight excluding hydrogens is 300 g/mol. The van der Waals surface area contributed by atoms with Crippen molar-refractivity contribution in [3.63, 3.8) is 0 Å². The average molecular weight is 320 g/mol. The molecule has 0 spiro atoms. The standard InChI is InChI=1S/C17H20O6/c1-4-14-15(20-10-13-8-6-5-7-9-13)16(21-11(2)18)17(23-14)22-12(3)19/h4-9,14-17H,1,10H2,2-3H3/t14-,15+,16-,17?/m1/s1. The van der Waals surface area contributed by atoms with Gasteiger partial charge in [-0.05, 0) is 5.56 Å². The van der Waals surface area contributed by atoms with Crippen LogP contribution < -0.4 is 0 Å². The summed E-state index contributed by atoms with van der Waals surface area (Å²) in [4.78, 5) is 22.5. The zero-order valence-corrected chi connectivity index (χ0v) is 13.1. The van der Waals surface area contributed by atoms with E-state index in [1.54, 1.807) is 0 Å². The van der Waals surface area contributed by atoms with Crippen molar-refractivity contribution in [1.29, 1.82) is 0 Å². The molecule has 0 saturated carbocycles. The second kappa shape index (κ2) is 7.89. The maximum Gasteiger partial charge on any atom is 0.305 e. The predicted octanol–water partition coefficient (Wildman–Crippen LogP) is 1.98. The van der Waals surface area contributed by atoms with Crippen molar-refractivity contribution in [2.24, 2.45) is 0 Å². The maximum absolute atomic E-state index is 11.3. The van der Waals surface area contributed by atoms with Gasteiger partial charge < -0.3 is 18.9 Å². The van der Waals surface area contributed by atoms with Crippen molar-refractivity contribution in [3.8, 4) is 0 Å². The van der Waals surface area contributed by atoms with Crippen molar-refractivity contribution >= 4 is 11.9 Å². The van der Waals surface area contributed by atoms with Crippen LogP contribution in [0.15, 0.2) is 43.0 Å². The van der Waals surface area contributed by atoms with Crippen LogP contribution in [-0.2, 0) is 35.1 Å². The third kappa shape index (κ3) is 4.64. The van der Waals surface area contributed by atoms with E-state index in [4.69, 9.17) is 18.9 Å². The minimum atomic E-state index is -1.01. The SMILES string of the molecule is C=C[C@H]1OC(OC(C)=O)[C@H](OC(C)=O)[C@H]1OCc1ccccc1. The van der Waals surface area contributed by atoms with Gasteiger partial charge in [0.15, 0.2) is 6.10 Å². The van der Waals surface area contributed by atoms with Gasteiger partial charge in [-0.15, -0.1) is 6.58 Å². The molecule has 4 atom stereocenters. The van der Waals surface area contributed by atoms with Gasteiger partial charge in [0.05, 0.1) is 6.61 Å². The van der Waals surface area contributed by atoms with Gasteiger partial charge in [0.1, 0.15) is 12.2 Å². The largest absolute Gasteiger partial charge is 0.453 e. The Morgan fingerprint density at radius 2 is 1.78 bits per heavy atom. The first-order valence-electron chi connectivity index (χ1n) is 7.29. The monoisotopic (exact) mass is 320 g/mol. The summed E-state index contributed by atoms with van der Waals surface area (Å²) < 4.78 is 21.7. The number of carbonyl (C=O) groups excluding carboxylic acids is 2. The summed E-state index contributed by atoms with van der Waals surface area (Å²) in [6.07, 6.45) is -1.48. The molecule has 1 heterocycles. The highest BCUT2D eigenvalue weighted by Crippen LogP contribution is 2.29. The molecule has 1 aromatic rings. The molecule has 0 radical (unpaired) electrons. The lowest BCUT2D eigenvalue weighted by Crippen LogP contribution is -2.39. The molecule has 1 saturated heterocycles. The lowest BCUT2D eigenvalue weighted by atomic mass is 10.1. The van der Waals surface area contributed by atoms with E-state index in [2.05, 4.69) is 6.58 Å². The highest BCUT2D eigenvalue weighted by Gasteiger charge is 2.48. The van der Waals surface area contributed by atoms with E-state index in [0.717, 1.165) is 5.56 Å². The third-order valence-electron chi connectivity index (χ3n) is 3.31. The first kappa shape index (κ1) is 17.2. The van der Waals surface area contributed by atoms with E-state index in [1.165, 1.54) is 19.9 Å². The number of benzene rings is 1. The van der Waals surface area contributed by atoms with Crippen LogP contribution in [0.3, 0.4) is 0 Å². The number of esters is 2. The molecule has 124 valence electrons. The molecular formula is C17H20O6. The summed E-state index contributed by atoms with van der Waals surface area (Å²) in [5, 5.41) is 0. The van der Waals surface area contributed by atoms with Crippen LogP contribution in [0.4, 0.5) is 0 Å². The number of ether oxygens (including phenoxy) is 4. The Morgan fingerprint density at radius 1 is 1.13 bits per heavy atom. The highest BCUT2D eigenvalue weighted by atomic mass is 16.7. The van der Waals surface area contributed by atoms with Gasteiger partial charge in [-0.25, -0.2) is 0 Å². The normalized spacial score (nSPS) is 26.5. The van der Waals surface area contributed by atoms with Gasteiger partial charge in [0.2, 0.25) is 6.29 Å². The molecule has 23 heavy (non-hydrogen) atoms. The van der Waals surface area contributed by atoms with Crippen LogP contribution in [0, 0.1) is 0 Å². The van der Waals surface area contributed by atoms with Gasteiger partial charge >= 0.3 is 11.9 Å². The van der Waals surface area contributed by atoms with Crippen LogP contribution in [0.25, 0.3) is 0 Å². The lowest BCUT2D eigenvalue weighted by molar-refractivity contribution is -0.194. The van der Waals surface area contributed by atoms with Gasteiger partial charge in [-0.1, -0.05) is 36.4 Å². The van der Waals surface area contributed by atoms with E-state index in [9.17, 15) is 9.59 Å². The Balaban J connectivity index is 2.12. The fraction of sp³-hybridized carbons (Fsp3) is 0.412. The van der Waals surface area contributed by atoms with Crippen LogP contribution >= 0.6 is 0 Å². The summed E-state index contributed by atoms with van der Waals surface area (Å²) in [5.41, 5.74) is 0.966. The van der Waals surface area contributed by atoms with E-state index >= 15 is 0 Å². The Hall–Kier alpha value is -2.18. The summed E-state index contributed by atoms with van der Waals surface area (Å²) in [5.74, 6) is -1.03. The molecule has 6 nitrogen and oxygen atoms in total. The fourth-order valence-electron chi connectivity index (χ4n) is 2.37. The molecule has 1 aliphatic rings. The molecule has 0 N–H and O–H groups in total. The number of hydrogen-bond donors (Lipinski definition) is 0. The molecule has 0 amide bonds. The molecule has 1 fully saturated rings. The predicted molar refractivity (Wildman–Crippen MR) is 81.2 cm³/mol. The van der Waals surface area contributed by atoms with Crippen LogP contribution in [-0.4, -0.2) is 36.5 Å². The average Bonchev–Trinajstić information content (AvgIpc) is 2.82. The first-order chi connectivity index (χ1) is 11.0. The van der Waals surface area contributed by atoms with Crippen LogP contribution in [0.2, 0.25) is 0 Å². The zero-order chi connectivity index (χ0) is 16.8. The van der Waals surface area contributed by atoms with Crippen molar-refractivity contribution < 1.29 is 28.5 Å². The molecule has 1 aliphatic heterocycles. The lowest BCUT2D eigenvalue weighted by Gasteiger charge is -2.23. The fourth-order valence-corrected chi connectivity index (χ4v) is 2.37.